The molecule has 0 N–H and O–H groups in total. The van der Waals surface area contributed by atoms with Crippen molar-refractivity contribution in [1.82, 2.24) is 0 Å². The van der Waals surface area contributed by atoms with Gasteiger partial charge >= 0.3 is 0 Å². The van der Waals surface area contributed by atoms with E-state index in [1.807, 2.05) is 24.3 Å². The van der Waals surface area contributed by atoms with Crippen LogP contribution in [0.1, 0.15) is 6.92 Å². The molecule has 0 aliphatic rings. The largest absolute Gasteiger partial charge is 0.759 e. The molecule has 0 heterocycles. The monoisotopic (exact) mass is 520 g/mol. The summed E-state index contributed by atoms with van der Waals surface area (Å²) in [6, 6.07) is 10.1. The number of nitrogens with zero attached hydrogens (tertiary/aromatic N) is 5. The lowest BCUT2D eigenvalue weighted by Gasteiger charge is -2.29. The zero-order valence-corrected chi connectivity index (χ0v) is 20.8. The molecule has 182 valence electrons. The van der Waals surface area contributed by atoms with Crippen LogP contribution in [0.25, 0.3) is 0 Å². The van der Waals surface area contributed by atoms with E-state index >= 15 is 0 Å². The standard InChI is InChI=1S/C19H24Cl2N5O2.H2O4S/c1-5-24(10-11-26(2,3)4)15-8-6-14(7-9-15)22-23-19-17(20)12-16(25(27)28)13-18(19)21;1-5(2,3)4/h6-9,12-13H,5,10-11H2,1-4H3;(H2,1,2,3,4)/q+1;/p-2. The van der Waals surface area contributed by atoms with E-state index in [-0.39, 0.29) is 21.4 Å². The molecule has 14 heteroatoms. The highest BCUT2D eigenvalue weighted by molar-refractivity contribution is 7.79. The third-order valence-electron chi connectivity index (χ3n) is 4.12. The lowest BCUT2D eigenvalue weighted by Crippen LogP contribution is -2.42. The fourth-order valence-electron chi connectivity index (χ4n) is 2.48. The van der Waals surface area contributed by atoms with Gasteiger partial charge in [-0.3, -0.25) is 18.5 Å². The Bertz CT molecular complexity index is 1060. The number of nitro groups is 1. The Balaban J connectivity index is 0.000000981. The van der Waals surface area contributed by atoms with Gasteiger partial charge in [-0.25, -0.2) is 0 Å². The van der Waals surface area contributed by atoms with Crippen LogP contribution in [0.3, 0.4) is 0 Å². The van der Waals surface area contributed by atoms with Crippen molar-refractivity contribution in [3.63, 3.8) is 0 Å². The minimum absolute atomic E-state index is 0.0806. The highest BCUT2D eigenvalue weighted by Gasteiger charge is 2.15. The number of nitro benzene ring substituents is 1. The van der Waals surface area contributed by atoms with Gasteiger partial charge in [0.05, 0.1) is 54.9 Å². The maximum Gasteiger partial charge on any atom is 0.272 e. The first-order valence-corrected chi connectivity index (χ1v) is 11.6. The van der Waals surface area contributed by atoms with Crippen LogP contribution in [0.5, 0.6) is 0 Å². The first-order chi connectivity index (χ1) is 15.1. The van der Waals surface area contributed by atoms with Crippen LogP contribution in [0.4, 0.5) is 22.7 Å². The molecule has 0 aliphatic heterocycles. The van der Waals surface area contributed by atoms with Crippen molar-refractivity contribution >= 4 is 56.4 Å². The van der Waals surface area contributed by atoms with E-state index in [1.54, 1.807) is 0 Å². The Hall–Kier alpha value is -2.35. The summed E-state index contributed by atoms with van der Waals surface area (Å²) in [5, 5.41) is 19.2. The summed E-state index contributed by atoms with van der Waals surface area (Å²) >= 11 is 12.1. The Morgan fingerprint density at radius 1 is 1.03 bits per heavy atom. The smallest absolute Gasteiger partial charge is 0.272 e. The van der Waals surface area contributed by atoms with E-state index in [9.17, 15) is 10.1 Å². The predicted octanol–water partition coefficient (Wildman–Crippen LogP) is 4.51. The van der Waals surface area contributed by atoms with Crippen molar-refractivity contribution in [2.75, 3.05) is 45.7 Å². The average molecular weight is 521 g/mol. The molecule has 0 saturated carbocycles. The molecular weight excluding hydrogens is 497 g/mol. The van der Waals surface area contributed by atoms with Gasteiger partial charge in [0.15, 0.2) is 0 Å². The van der Waals surface area contributed by atoms with Crippen molar-refractivity contribution < 1.29 is 26.9 Å². The molecule has 0 spiro atoms. The number of azo groups is 1. The number of hydrogen-bond acceptors (Lipinski definition) is 9. The lowest BCUT2D eigenvalue weighted by atomic mass is 10.2. The second-order valence-corrected chi connectivity index (χ2v) is 9.36. The van der Waals surface area contributed by atoms with Crippen molar-refractivity contribution in [3.8, 4) is 0 Å². The lowest BCUT2D eigenvalue weighted by molar-refractivity contribution is -0.868. The summed E-state index contributed by atoms with van der Waals surface area (Å²) < 4.78 is 35.0. The zero-order valence-electron chi connectivity index (χ0n) is 18.4. The Kier molecular flexibility index (Phi) is 10.6. The predicted molar refractivity (Wildman–Crippen MR) is 125 cm³/mol. The third kappa shape index (κ3) is 11.4. The molecule has 0 unspecified atom stereocenters. The third-order valence-corrected chi connectivity index (χ3v) is 4.69. The van der Waals surface area contributed by atoms with Gasteiger partial charge < -0.3 is 18.5 Å². The molecule has 0 aliphatic carbocycles. The number of anilines is 1. The molecule has 0 bridgehead atoms. The first-order valence-electron chi connectivity index (χ1n) is 9.48. The summed E-state index contributed by atoms with van der Waals surface area (Å²) in [5.41, 5.74) is 1.76. The number of benzene rings is 2. The molecule has 0 fully saturated rings. The van der Waals surface area contributed by atoms with Gasteiger partial charge in [0.25, 0.3) is 5.69 Å². The summed E-state index contributed by atoms with van der Waals surface area (Å²) in [6.07, 6.45) is 0. The molecule has 2 rings (SSSR count). The second kappa shape index (κ2) is 12.2. The van der Waals surface area contributed by atoms with E-state index in [0.717, 1.165) is 29.8 Å². The first kappa shape index (κ1) is 28.7. The normalized spacial score (nSPS) is 11.8. The quantitative estimate of drug-likeness (QED) is 0.124. The minimum atomic E-state index is -5.17. The van der Waals surface area contributed by atoms with Gasteiger partial charge in [-0.1, -0.05) is 23.2 Å². The molecule has 0 saturated heterocycles. The molecular formula is C19H24Cl2N5O6S-. The van der Waals surface area contributed by atoms with Crippen LogP contribution in [0.15, 0.2) is 46.6 Å². The highest BCUT2D eigenvalue weighted by Crippen LogP contribution is 2.37. The number of quaternary nitrogens is 1. The summed E-state index contributed by atoms with van der Waals surface area (Å²) in [4.78, 5) is 12.6. The average Bonchev–Trinajstić information content (AvgIpc) is 2.66. The van der Waals surface area contributed by atoms with E-state index < -0.39 is 15.3 Å². The second-order valence-electron chi connectivity index (χ2n) is 7.73. The van der Waals surface area contributed by atoms with Gasteiger partial charge in [0.1, 0.15) is 5.69 Å². The van der Waals surface area contributed by atoms with Gasteiger partial charge in [-0.2, -0.15) is 5.11 Å². The van der Waals surface area contributed by atoms with Gasteiger partial charge in [0, 0.05) is 34.8 Å². The molecule has 0 aromatic heterocycles. The van der Waals surface area contributed by atoms with Crippen LogP contribution in [0.2, 0.25) is 10.0 Å². The Labute approximate surface area is 202 Å². The van der Waals surface area contributed by atoms with Gasteiger partial charge in [0.2, 0.25) is 0 Å². The highest BCUT2D eigenvalue weighted by atomic mass is 35.5. The Morgan fingerprint density at radius 3 is 1.91 bits per heavy atom. The Morgan fingerprint density at radius 2 is 1.52 bits per heavy atom. The molecule has 2 aromatic rings. The van der Waals surface area contributed by atoms with Crippen LogP contribution < -0.4 is 4.90 Å². The van der Waals surface area contributed by atoms with Crippen LogP contribution >= 0.6 is 23.2 Å². The maximum absolute atomic E-state index is 10.8. The number of halogens is 2. The summed E-state index contributed by atoms with van der Waals surface area (Å²) in [5.74, 6) is 0. The maximum atomic E-state index is 10.8. The number of likely N-dealkylation sites (N-methyl/N-ethyl adjacent to an activating group) is 2. The van der Waals surface area contributed by atoms with Crippen molar-refractivity contribution in [1.29, 1.82) is 0 Å². The zero-order chi connectivity index (χ0) is 25.4. The van der Waals surface area contributed by atoms with E-state index in [4.69, 9.17) is 40.7 Å². The molecule has 2 aromatic carbocycles. The van der Waals surface area contributed by atoms with Crippen molar-refractivity contribution in [2.45, 2.75) is 6.92 Å². The van der Waals surface area contributed by atoms with Crippen LogP contribution in [-0.4, -0.2) is 67.7 Å². The van der Waals surface area contributed by atoms with Crippen molar-refractivity contribution in [2.24, 2.45) is 10.2 Å². The fourth-order valence-corrected chi connectivity index (χ4v) is 3.03. The molecule has 0 amide bonds. The van der Waals surface area contributed by atoms with Gasteiger partial charge in [-0.05, 0) is 31.2 Å². The molecule has 0 radical (unpaired) electrons. The van der Waals surface area contributed by atoms with E-state index in [0.29, 0.717) is 5.69 Å². The molecule has 11 nitrogen and oxygen atoms in total. The van der Waals surface area contributed by atoms with E-state index in [2.05, 4.69) is 43.2 Å². The number of hydrogen-bond donors (Lipinski definition) is 0. The number of rotatable bonds is 8. The topological polar surface area (TPSA) is 151 Å². The SMILES string of the molecule is CCN(CC[N+](C)(C)C)c1ccc(N=Nc2c(Cl)cc([N+](=O)[O-])cc2Cl)cc1.O=S(=O)([O-])[O-]. The molecule has 0 atom stereocenters. The van der Waals surface area contributed by atoms with Crippen molar-refractivity contribution in [3.05, 3.63) is 56.6 Å². The van der Waals surface area contributed by atoms with E-state index in [1.165, 1.54) is 12.1 Å². The molecule has 33 heavy (non-hydrogen) atoms. The summed E-state index contributed by atoms with van der Waals surface area (Å²) in [7, 11) is 1.35. The van der Waals surface area contributed by atoms with Crippen LogP contribution in [-0.2, 0) is 10.4 Å². The fraction of sp³-hybridized carbons (Fsp3) is 0.368. The van der Waals surface area contributed by atoms with Gasteiger partial charge in [-0.15, -0.1) is 5.11 Å². The van der Waals surface area contributed by atoms with Crippen LogP contribution in [0, 0.1) is 10.1 Å². The summed E-state index contributed by atoms with van der Waals surface area (Å²) in [6.45, 7) is 5.03. The number of non-ortho nitro benzene ring substituents is 1. The minimum Gasteiger partial charge on any atom is -0.759 e.